The molecule has 1 aromatic carbocycles. The quantitative estimate of drug-likeness (QED) is 0.869. The van der Waals surface area contributed by atoms with Gasteiger partial charge in [-0.1, -0.05) is 0 Å². The van der Waals surface area contributed by atoms with E-state index in [9.17, 15) is 13.2 Å². The lowest BCUT2D eigenvalue weighted by Gasteiger charge is -2.08. The van der Waals surface area contributed by atoms with Gasteiger partial charge in [0.2, 0.25) is 0 Å². The van der Waals surface area contributed by atoms with Gasteiger partial charge in [0.05, 0.1) is 12.1 Å². The topological polar surface area (TPSA) is 53.6 Å². The molecule has 1 heterocycles. The van der Waals surface area contributed by atoms with Crippen LogP contribution in [0.5, 0.6) is 0 Å². The molecule has 0 aliphatic heterocycles. The van der Waals surface area contributed by atoms with Gasteiger partial charge < -0.3 is 5.32 Å². The minimum atomic E-state index is -4.30. The van der Waals surface area contributed by atoms with Crippen molar-refractivity contribution in [1.82, 2.24) is 15.2 Å². The molecule has 90 valence electrons. The average Bonchev–Trinajstić information content (AvgIpc) is 2.78. The molecule has 2 rings (SSSR count). The predicted octanol–water partition coefficient (Wildman–Crippen LogP) is 2.44. The van der Waals surface area contributed by atoms with Gasteiger partial charge in [0.1, 0.15) is 12.2 Å². The Labute approximate surface area is 94.9 Å². The highest BCUT2D eigenvalue weighted by Crippen LogP contribution is 2.29. The van der Waals surface area contributed by atoms with Gasteiger partial charge in [-0.25, -0.2) is 4.98 Å². The van der Waals surface area contributed by atoms with Crippen molar-refractivity contribution >= 4 is 5.69 Å². The third kappa shape index (κ3) is 2.96. The van der Waals surface area contributed by atoms with Crippen molar-refractivity contribution in [3.63, 3.8) is 0 Å². The number of H-pyrrole nitrogens is 1. The summed E-state index contributed by atoms with van der Waals surface area (Å²) in [6.07, 6.45) is -2.94. The monoisotopic (exact) mass is 242 g/mol. The minimum absolute atomic E-state index is 0.380. The van der Waals surface area contributed by atoms with Crippen LogP contribution in [0.4, 0.5) is 18.9 Å². The largest absolute Gasteiger partial charge is 0.416 e. The van der Waals surface area contributed by atoms with E-state index < -0.39 is 11.7 Å². The molecule has 0 atom stereocenters. The van der Waals surface area contributed by atoms with E-state index in [-0.39, 0.29) is 0 Å². The zero-order valence-electron chi connectivity index (χ0n) is 8.62. The highest BCUT2D eigenvalue weighted by molar-refractivity contribution is 5.45. The summed E-state index contributed by atoms with van der Waals surface area (Å²) in [6.45, 7) is 0.380. The number of benzene rings is 1. The first kappa shape index (κ1) is 11.4. The Hall–Kier alpha value is -2.05. The molecule has 0 saturated heterocycles. The number of alkyl halides is 3. The lowest BCUT2D eigenvalue weighted by Crippen LogP contribution is -2.05. The summed E-state index contributed by atoms with van der Waals surface area (Å²) in [7, 11) is 0. The van der Waals surface area contributed by atoms with E-state index in [1.165, 1.54) is 18.5 Å². The zero-order valence-corrected chi connectivity index (χ0v) is 8.62. The fourth-order valence-corrected chi connectivity index (χ4v) is 1.28. The number of halogens is 3. The summed E-state index contributed by atoms with van der Waals surface area (Å²) in [6, 6.07) is 4.81. The van der Waals surface area contributed by atoms with E-state index >= 15 is 0 Å². The van der Waals surface area contributed by atoms with Crippen LogP contribution in [0.1, 0.15) is 11.4 Å². The lowest BCUT2D eigenvalue weighted by atomic mass is 10.2. The molecule has 7 heteroatoms. The van der Waals surface area contributed by atoms with Gasteiger partial charge in [0.25, 0.3) is 0 Å². The number of hydrogen-bond donors (Lipinski definition) is 2. The van der Waals surface area contributed by atoms with Crippen LogP contribution in [0.3, 0.4) is 0 Å². The summed E-state index contributed by atoms with van der Waals surface area (Å²) in [5.74, 6) is 0.616. The second-order valence-corrected chi connectivity index (χ2v) is 3.36. The van der Waals surface area contributed by atoms with Crippen molar-refractivity contribution in [1.29, 1.82) is 0 Å². The maximum absolute atomic E-state index is 12.3. The molecule has 0 bridgehead atoms. The summed E-state index contributed by atoms with van der Waals surface area (Å²) in [4.78, 5) is 3.88. The van der Waals surface area contributed by atoms with Crippen molar-refractivity contribution in [3.05, 3.63) is 42.0 Å². The molecule has 0 radical (unpaired) electrons. The number of anilines is 1. The molecule has 0 unspecified atom stereocenters. The van der Waals surface area contributed by atoms with E-state index in [4.69, 9.17) is 0 Å². The Morgan fingerprint density at radius 2 is 1.88 bits per heavy atom. The zero-order chi connectivity index (χ0) is 12.3. The van der Waals surface area contributed by atoms with E-state index in [0.717, 1.165) is 12.1 Å². The van der Waals surface area contributed by atoms with Crippen LogP contribution in [0.25, 0.3) is 0 Å². The number of nitrogens with one attached hydrogen (secondary N) is 2. The first-order valence-electron chi connectivity index (χ1n) is 4.81. The second kappa shape index (κ2) is 4.44. The summed E-state index contributed by atoms with van der Waals surface area (Å²) < 4.78 is 36.9. The third-order valence-corrected chi connectivity index (χ3v) is 2.14. The highest BCUT2D eigenvalue weighted by atomic mass is 19.4. The third-order valence-electron chi connectivity index (χ3n) is 2.14. The van der Waals surface area contributed by atoms with Gasteiger partial charge in [0, 0.05) is 5.69 Å². The highest BCUT2D eigenvalue weighted by Gasteiger charge is 2.29. The summed E-state index contributed by atoms with van der Waals surface area (Å²) >= 11 is 0. The SMILES string of the molecule is FC(F)(F)c1ccc(NCc2ncn[nH]2)cc1. The fourth-order valence-electron chi connectivity index (χ4n) is 1.28. The van der Waals surface area contributed by atoms with Crippen LogP contribution < -0.4 is 5.32 Å². The number of nitrogens with zero attached hydrogens (tertiary/aromatic N) is 2. The molecule has 0 aliphatic carbocycles. The molecule has 0 fully saturated rings. The van der Waals surface area contributed by atoms with Gasteiger partial charge in [0.15, 0.2) is 0 Å². The van der Waals surface area contributed by atoms with Gasteiger partial charge >= 0.3 is 6.18 Å². The molecular formula is C10H9F3N4. The molecule has 0 aliphatic rings. The lowest BCUT2D eigenvalue weighted by molar-refractivity contribution is -0.137. The number of rotatable bonds is 3. The maximum Gasteiger partial charge on any atom is 0.416 e. The fraction of sp³-hybridized carbons (Fsp3) is 0.200. The van der Waals surface area contributed by atoms with Gasteiger partial charge in [-0.2, -0.15) is 18.3 Å². The van der Waals surface area contributed by atoms with Crippen molar-refractivity contribution < 1.29 is 13.2 Å². The number of aromatic amines is 1. The number of aromatic nitrogens is 3. The molecule has 2 aromatic rings. The standard InChI is InChI=1S/C10H9F3N4/c11-10(12,13)7-1-3-8(4-2-7)14-5-9-15-6-16-17-9/h1-4,6,14H,5H2,(H,15,16,17). The first-order valence-corrected chi connectivity index (χ1v) is 4.81. The molecule has 17 heavy (non-hydrogen) atoms. The summed E-state index contributed by atoms with van der Waals surface area (Å²) in [5.41, 5.74) is -0.0721. The molecule has 0 spiro atoms. The molecule has 1 aromatic heterocycles. The van der Waals surface area contributed by atoms with Crippen molar-refractivity contribution in [3.8, 4) is 0 Å². The Morgan fingerprint density at radius 3 is 2.41 bits per heavy atom. The minimum Gasteiger partial charge on any atom is -0.378 e. The van der Waals surface area contributed by atoms with Crippen LogP contribution in [0.15, 0.2) is 30.6 Å². The van der Waals surface area contributed by atoms with Crippen LogP contribution in [0.2, 0.25) is 0 Å². The Balaban J connectivity index is 1.99. The maximum atomic E-state index is 12.3. The van der Waals surface area contributed by atoms with Crippen LogP contribution >= 0.6 is 0 Å². The van der Waals surface area contributed by atoms with Gasteiger partial charge in [-0.15, -0.1) is 0 Å². The van der Waals surface area contributed by atoms with Crippen molar-refractivity contribution in [2.45, 2.75) is 12.7 Å². The Morgan fingerprint density at radius 1 is 1.18 bits per heavy atom. The molecular weight excluding hydrogens is 233 g/mol. The molecule has 2 N–H and O–H groups in total. The normalized spacial score (nSPS) is 11.5. The van der Waals surface area contributed by atoms with Crippen LogP contribution in [-0.4, -0.2) is 15.2 Å². The van der Waals surface area contributed by atoms with E-state index in [1.807, 2.05) is 0 Å². The average molecular weight is 242 g/mol. The van der Waals surface area contributed by atoms with E-state index in [1.54, 1.807) is 0 Å². The Bertz CT molecular complexity index is 461. The van der Waals surface area contributed by atoms with Gasteiger partial charge in [-0.3, -0.25) is 5.10 Å². The molecule has 0 amide bonds. The smallest absolute Gasteiger partial charge is 0.378 e. The van der Waals surface area contributed by atoms with Crippen LogP contribution in [0, 0.1) is 0 Å². The Kier molecular flexibility index (Phi) is 2.99. The molecule has 0 saturated carbocycles. The number of hydrogen-bond acceptors (Lipinski definition) is 3. The van der Waals surface area contributed by atoms with Crippen molar-refractivity contribution in [2.75, 3.05) is 5.32 Å². The van der Waals surface area contributed by atoms with E-state index in [0.29, 0.717) is 18.1 Å². The van der Waals surface area contributed by atoms with Crippen LogP contribution in [-0.2, 0) is 12.7 Å². The second-order valence-electron chi connectivity index (χ2n) is 3.36. The first-order chi connectivity index (χ1) is 8.05. The molecule has 4 nitrogen and oxygen atoms in total. The predicted molar refractivity (Wildman–Crippen MR) is 55.2 cm³/mol. The van der Waals surface area contributed by atoms with Crippen molar-refractivity contribution in [2.24, 2.45) is 0 Å². The summed E-state index contributed by atoms with van der Waals surface area (Å²) in [5, 5.41) is 9.22. The van der Waals surface area contributed by atoms with Gasteiger partial charge in [-0.05, 0) is 24.3 Å². The van der Waals surface area contributed by atoms with E-state index in [2.05, 4.69) is 20.5 Å².